The molecular weight excluding hydrogens is 858 g/mol. The Kier molecular flexibility index (Phi) is 14.8. The molecule has 64 heavy (non-hydrogen) atoms. The van der Waals surface area contributed by atoms with Crippen molar-refractivity contribution < 1.29 is 51.8 Å². The summed E-state index contributed by atoms with van der Waals surface area (Å²) in [5.74, 6) is -3.06. The van der Waals surface area contributed by atoms with Crippen LogP contribution in [0.4, 0.5) is 20.5 Å². The van der Waals surface area contributed by atoms with E-state index in [0.29, 0.717) is 68.9 Å². The van der Waals surface area contributed by atoms with Gasteiger partial charge in [-0.15, -0.1) is 0 Å². The molecule has 17 nitrogen and oxygen atoms in total. The third-order valence-electron chi connectivity index (χ3n) is 11.4. The highest BCUT2D eigenvalue weighted by Crippen LogP contribution is 2.40. The highest BCUT2D eigenvalue weighted by Gasteiger charge is 2.44. The molecule has 1 aliphatic carbocycles. The van der Waals surface area contributed by atoms with Crippen molar-refractivity contribution in [1.82, 2.24) is 30.0 Å². The van der Waals surface area contributed by atoms with Crippen molar-refractivity contribution in [2.24, 2.45) is 0 Å². The number of hydrogen-bond donors (Lipinski definition) is 2. The van der Waals surface area contributed by atoms with Gasteiger partial charge in [0.2, 0.25) is 29.6 Å². The van der Waals surface area contributed by atoms with Crippen LogP contribution in [0.3, 0.4) is 0 Å². The number of benzene rings is 2. The molecule has 0 saturated carbocycles. The first-order valence-electron chi connectivity index (χ1n) is 21.2. The fraction of sp³-hybridized carbons (Fsp3) is 0.455. The van der Waals surface area contributed by atoms with Crippen LogP contribution < -0.4 is 20.3 Å². The van der Waals surface area contributed by atoms with Gasteiger partial charge in [0, 0.05) is 77.0 Å². The van der Waals surface area contributed by atoms with Gasteiger partial charge in [-0.3, -0.25) is 39.0 Å². The molecule has 1 unspecified atom stereocenters. The van der Waals surface area contributed by atoms with Gasteiger partial charge in [0.05, 0.1) is 42.6 Å². The van der Waals surface area contributed by atoms with Crippen LogP contribution in [0, 0.1) is 5.82 Å². The lowest BCUT2D eigenvalue weighted by Gasteiger charge is -2.35. The molecule has 3 aromatic rings. The number of aromatic nitrogens is 2. The molecule has 1 aromatic heterocycles. The number of ether oxygens (including phenoxy) is 3. The second-order valence-corrected chi connectivity index (χ2v) is 16.1. The minimum Gasteiger partial charge on any atom is -0.491 e. The smallest absolute Gasteiger partial charge is 0.262 e. The Hall–Kier alpha value is -6.05. The second kappa shape index (κ2) is 20.6. The summed E-state index contributed by atoms with van der Waals surface area (Å²) in [7, 11) is 1.65. The zero-order chi connectivity index (χ0) is 45.5. The van der Waals surface area contributed by atoms with Crippen LogP contribution in [0.15, 0.2) is 42.2 Å². The summed E-state index contributed by atoms with van der Waals surface area (Å²) in [5, 5.41) is 5.63. The lowest BCUT2D eigenvalue weighted by atomic mass is 9.98. The van der Waals surface area contributed by atoms with Crippen molar-refractivity contribution in [3.8, 4) is 5.75 Å². The van der Waals surface area contributed by atoms with Gasteiger partial charge < -0.3 is 34.2 Å². The summed E-state index contributed by atoms with van der Waals surface area (Å²) in [4.78, 5) is 90.0. The molecule has 4 heterocycles. The van der Waals surface area contributed by atoms with Crippen molar-refractivity contribution in [3.63, 3.8) is 0 Å². The Labute approximate surface area is 372 Å². The number of halogens is 3. The molecule has 20 heteroatoms. The summed E-state index contributed by atoms with van der Waals surface area (Å²) < 4.78 is 48.6. The van der Waals surface area contributed by atoms with Crippen molar-refractivity contribution >= 4 is 75.3 Å². The molecule has 4 aliphatic rings. The van der Waals surface area contributed by atoms with Gasteiger partial charge >= 0.3 is 0 Å². The SMILES string of the molecule is CC(=O)N1CCN(c2nc(NCCC(=O)N(C)CCOCCOCCOc3ccc4c(c3)C(=O)N(C3CCC(=O)NC3=O)C4=O)nc3c(F)c(C4=C(F)C=CCCC4)c(Cl)cc23)CC1. The van der Waals surface area contributed by atoms with Crippen LogP contribution in [0.5, 0.6) is 5.75 Å². The highest BCUT2D eigenvalue weighted by atomic mass is 35.5. The van der Waals surface area contributed by atoms with E-state index < -0.39 is 41.3 Å². The van der Waals surface area contributed by atoms with E-state index in [9.17, 15) is 28.8 Å². The van der Waals surface area contributed by atoms with Crippen LogP contribution in [0.2, 0.25) is 5.02 Å². The van der Waals surface area contributed by atoms with Gasteiger partial charge in [-0.2, -0.15) is 4.98 Å². The number of fused-ring (bicyclic) bond motifs is 2. The van der Waals surface area contributed by atoms with E-state index in [1.54, 1.807) is 30.2 Å². The van der Waals surface area contributed by atoms with E-state index in [1.807, 2.05) is 4.90 Å². The van der Waals surface area contributed by atoms with Gasteiger partial charge in [-0.25, -0.2) is 13.8 Å². The normalized spacial score (nSPS) is 17.8. The van der Waals surface area contributed by atoms with Crippen molar-refractivity contribution in [1.29, 1.82) is 0 Å². The molecule has 1 atom stereocenters. The number of likely N-dealkylation sites (N-methyl/N-ethyl adjacent to an activating group) is 1. The lowest BCUT2D eigenvalue weighted by molar-refractivity contribution is -0.136. The first-order chi connectivity index (χ1) is 30.8. The fourth-order valence-corrected chi connectivity index (χ4v) is 8.24. The van der Waals surface area contributed by atoms with E-state index in [4.69, 9.17) is 30.8 Å². The summed E-state index contributed by atoms with van der Waals surface area (Å²) in [5.41, 5.74) is 0.370. The van der Waals surface area contributed by atoms with E-state index in [1.165, 1.54) is 30.0 Å². The molecule has 2 aromatic carbocycles. The minimum absolute atomic E-state index is 0.0311. The van der Waals surface area contributed by atoms with Gasteiger partial charge in [0.25, 0.3) is 11.8 Å². The second-order valence-electron chi connectivity index (χ2n) is 15.6. The molecule has 340 valence electrons. The monoisotopic (exact) mass is 906 g/mol. The number of amides is 6. The van der Waals surface area contributed by atoms with Crippen LogP contribution in [0.25, 0.3) is 16.5 Å². The molecular formula is C44H49ClF2N8O9. The summed E-state index contributed by atoms with van der Waals surface area (Å²) >= 11 is 6.67. The summed E-state index contributed by atoms with van der Waals surface area (Å²) in [6, 6.07) is 4.98. The molecule has 0 spiro atoms. The predicted molar refractivity (Wildman–Crippen MR) is 231 cm³/mol. The maximum absolute atomic E-state index is 16.5. The summed E-state index contributed by atoms with van der Waals surface area (Å²) in [6.45, 7) is 4.81. The number of carbonyl (C=O) groups is 6. The molecule has 2 saturated heterocycles. The minimum atomic E-state index is -1.05. The van der Waals surface area contributed by atoms with Gasteiger partial charge in [0.1, 0.15) is 35.6 Å². The Balaban J connectivity index is 0.852. The zero-order valence-corrected chi connectivity index (χ0v) is 36.3. The lowest BCUT2D eigenvalue weighted by Crippen LogP contribution is -2.54. The number of nitrogens with one attached hydrogen (secondary N) is 2. The van der Waals surface area contributed by atoms with Crippen molar-refractivity contribution in [2.75, 3.05) is 89.6 Å². The Bertz CT molecular complexity index is 2410. The summed E-state index contributed by atoms with van der Waals surface area (Å²) in [6.07, 6.45) is 4.79. The van der Waals surface area contributed by atoms with Crippen LogP contribution in [-0.4, -0.2) is 146 Å². The highest BCUT2D eigenvalue weighted by molar-refractivity contribution is 6.33. The number of anilines is 2. The Morgan fingerprint density at radius 3 is 2.44 bits per heavy atom. The number of allylic oxidation sites excluding steroid dienone is 4. The third kappa shape index (κ3) is 10.3. The molecule has 2 fully saturated rings. The predicted octanol–water partition coefficient (Wildman–Crippen LogP) is 4.29. The number of nitrogens with zero attached hydrogens (tertiary/aromatic N) is 6. The topological polar surface area (TPSA) is 193 Å². The first kappa shape index (κ1) is 46.0. The number of imide groups is 2. The maximum Gasteiger partial charge on any atom is 0.262 e. The van der Waals surface area contributed by atoms with Crippen molar-refractivity contribution in [2.45, 2.75) is 51.5 Å². The number of carbonyl (C=O) groups excluding carboxylic acids is 6. The van der Waals surface area contributed by atoms with Gasteiger partial charge in [-0.1, -0.05) is 17.7 Å². The average Bonchev–Trinajstić information content (AvgIpc) is 3.36. The van der Waals surface area contributed by atoms with Gasteiger partial charge in [-0.05, 0) is 61.6 Å². The largest absolute Gasteiger partial charge is 0.491 e. The Morgan fingerprint density at radius 1 is 0.953 bits per heavy atom. The van der Waals surface area contributed by atoms with E-state index in [0.717, 1.165) is 4.90 Å². The molecule has 3 aliphatic heterocycles. The van der Waals surface area contributed by atoms with Crippen LogP contribution >= 0.6 is 11.6 Å². The third-order valence-corrected chi connectivity index (χ3v) is 11.7. The maximum atomic E-state index is 16.5. The fourth-order valence-electron chi connectivity index (χ4n) is 7.94. The molecule has 7 rings (SSSR count). The number of hydrogen-bond acceptors (Lipinski definition) is 13. The van der Waals surface area contributed by atoms with Crippen LogP contribution in [-0.2, 0) is 28.7 Å². The number of rotatable bonds is 17. The standard InChI is InChI=1S/C44H49ClF2N8O9/c1-26(56)53-14-16-54(17-15-53)40-31-25-32(45)37(29-6-4-3-5-7-33(29)46)38(47)39(31)50-44(51-40)48-13-12-36(58)52(2)18-19-62-20-21-63-22-23-64-27-8-9-28-30(24-27)43(61)55(42(28)60)34-10-11-35(57)49-41(34)59/h5,7-9,24-25,34H,3-4,6,10-23H2,1-2H3,(H,48,50,51)(H,49,57,59). The van der Waals surface area contributed by atoms with E-state index in [-0.39, 0.29) is 109 Å². The van der Waals surface area contributed by atoms with Crippen molar-refractivity contribution in [3.05, 3.63) is 69.8 Å². The molecule has 2 N–H and O–H groups in total. The Morgan fingerprint density at radius 2 is 1.69 bits per heavy atom. The van der Waals surface area contributed by atoms with Crippen LogP contribution in [0.1, 0.15) is 71.7 Å². The quantitative estimate of drug-likeness (QED) is 0.144. The number of piperidine rings is 1. The van der Waals surface area contributed by atoms with E-state index >= 15 is 8.78 Å². The molecule has 0 radical (unpaired) electrons. The van der Waals surface area contributed by atoms with Gasteiger partial charge in [0.15, 0.2) is 5.82 Å². The van der Waals surface area contributed by atoms with E-state index in [2.05, 4.69) is 15.6 Å². The molecule has 6 amide bonds. The zero-order valence-electron chi connectivity index (χ0n) is 35.6. The molecule has 0 bridgehead atoms. The average molecular weight is 907 g/mol. The first-order valence-corrected chi connectivity index (χ1v) is 21.6. The number of piperazine rings is 1.